The Bertz CT molecular complexity index is 1210. The van der Waals surface area contributed by atoms with Gasteiger partial charge in [-0.25, -0.2) is 0 Å². The smallest absolute Gasteiger partial charge is 0.306 e. The topological polar surface area (TPSA) is 126 Å². The molecule has 4 rings (SSSR count). The van der Waals surface area contributed by atoms with Crippen LogP contribution in [0.4, 0.5) is 0 Å². The second-order valence-electron chi connectivity index (χ2n) is 12.6. The first-order valence-corrected chi connectivity index (χ1v) is 15.4. The zero-order valence-electron chi connectivity index (χ0n) is 25.1. The third-order valence-electron chi connectivity index (χ3n) is 8.98. The highest BCUT2D eigenvalue weighted by Crippen LogP contribution is 2.35. The summed E-state index contributed by atoms with van der Waals surface area (Å²) in [7, 11) is 0. The molecular weight excluding hydrogens is 528 g/mol. The number of piperidine rings is 1. The number of nitrogens with zero attached hydrogens (tertiary/aromatic N) is 1. The molecule has 2 aromatic carbocycles. The number of carbonyl (C=O) groups is 3. The summed E-state index contributed by atoms with van der Waals surface area (Å²) in [5.41, 5.74) is 6.80. The molecule has 42 heavy (non-hydrogen) atoms. The summed E-state index contributed by atoms with van der Waals surface area (Å²) in [6.07, 6.45) is 8.49. The van der Waals surface area contributed by atoms with Crippen molar-refractivity contribution in [1.82, 2.24) is 10.2 Å². The van der Waals surface area contributed by atoms with Crippen molar-refractivity contribution in [3.05, 3.63) is 71.3 Å². The maximum atomic E-state index is 14.1. The van der Waals surface area contributed by atoms with E-state index in [1.54, 1.807) is 24.3 Å². The fourth-order valence-corrected chi connectivity index (χ4v) is 6.32. The molecule has 2 fully saturated rings. The van der Waals surface area contributed by atoms with Crippen molar-refractivity contribution in [2.45, 2.75) is 83.8 Å². The van der Waals surface area contributed by atoms with E-state index in [9.17, 15) is 14.4 Å². The molecule has 2 aromatic rings. The van der Waals surface area contributed by atoms with Crippen molar-refractivity contribution in [3.63, 3.8) is 0 Å². The average Bonchev–Trinajstić information content (AvgIpc) is 2.99. The first-order valence-electron chi connectivity index (χ1n) is 15.4. The predicted octanol–water partition coefficient (Wildman–Crippen LogP) is 5.44. The number of nitrogens with one attached hydrogen (secondary N) is 2. The molecule has 0 aromatic heterocycles. The van der Waals surface area contributed by atoms with Crippen LogP contribution < -0.4 is 11.1 Å². The van der Waals surface area contributed by atoms with Gasteiger partial charge in [0.15, 0.2) is 0 Å². The quantitative estimate of drug-likeness (QED) is 0.187. The molecular formula is C34H46N4O4. The lowest BCUT2D eigenvalue weighted by Gasteiger charge is -2.41. The first kappa shape index (κ1) is 31.3. The number of hydrogen-bond acceptors (Lipinski definition) is 5. The number of nitrogen functional groups attached to an aromatic ring is 1. The van der Waals surface area contributed by atoms with Gasteiger partial charge >= 0.3 is 5.97 Å². The zero-order chi connectivity index (χ0) is 30.1. The molecule has 1 atom stereocenters. The van der Waals surface area contributed by atoms with Crippen molar-refractivity contribution in [3.8, 4) is 0 Å². The molecule has 226 valence electrons. The number of hydrogen-bond donors (Lipinski definition) is 3. The van der Waals surface area contributed by atoms with Crippen LogP contribution in [0.25, 0.3) is 0 Å². The maximum absolute atomic E-state index is 14.1. The number of esters is 1. The number of carbonyl (C=O) groups excluding carboxylic acids is 3. The van der Waals surface area contributed by atoms with E-state index in [0.29, 0.717) is 36.6 Å². The standard InChI is InChI=1S/C34H46N4O4/c1-34(2,37-32(40)28-15-13-27(14-16-28)31(35)36)29(21-24-9-5-3-6-10-24)33(41)38-19-17-25(18-20-38)22-30(39)42-23-26-11-7-4-8-12-26/h4,7-8,11-16,24-25,29H,3,5-6,9-10,17-23H2,1-2H3,(H3,35,36)(H,37,40). The van der Waals surface area contributed by atoms with E-state index in [4.69, 9.17) is 15.9 Å². The monoisotopic (exact) mass is 574 g/mol. The van der Waals surface area contributed by atoms with Gasteiger partial charge in [0.25, 0.3) is 5.91 Å². The van der Waals surface area contributed by atoms with Crippen molar-refractivity contribution in [2.75, 3.05) is 13.1 Å². The minimum atomic E-state index is -0.761. The number of rotatable bonds is 11. The van der Waals surface area contributed by atoms with Gasteiger partial charge in [0.2, 0.25) is 5.91 Å². The summed E-state index contributed by atoms with van der Waals surface area (Å²) in [6.45, 7) is 5.40. The predicted molar refractivity (Wildman–Crippen MR) is 164 cm³/mol. The van der Waals surface area contributed by atoms with Crippen molar-refractivity contribution < 1.29 is 19.1 Å². The molecule has 0 radical (unpaired) electrons. The Kier molecular flexibility index (Phi) is 10.8. The summed E-state index contributed by atoms with van der Waals surface area (Å²) in [5, 5.41) is 10.8. The summed E-state index contributed by atoms with van der Waals surface area (Å²) in [6, 6.07) is 16.3. The van der Waals surface area contributed by atoms with Gasteiger partial charge in [0.1, 0.15) is 12.4 Å². The molecule has 1 heterocycles. The molecule has 2 amide bonds. The van der Waals surface area contributed by atoms with Crippen molar-refractivity contribution in [2.24, 2.45) is 23.5 Å². The number of benzene rings is 2. The van der Waals surface area contributed by atoms with Crippen LogP contribution in [-0.4, -0.2) is 47.1 Å². The fraction of sp³-hybridized carbons (Fsp3) is 0.529. The Morgan fingerprint density at radius 3 is 2.17 bits per heavy atom. The minimum Gasteiger partial charge on any atom is -0.461 e. The van der Waals surface area contributed by atoms with Gasteiger partial charge in [-0.3, -0.25) is 19.8 Å². The summed E-state index contributed by atoms with van der Waals surface area (Å²) >= 11 is 0. The van der Waals surface area contributed by atoms with Crippen LogP contribution in [0.3, 0.4) is 0 Å². The SMILES string of the molecule is CC(C)(NC(=O)c1ccc(C(=N)N)cc1)C(CC1CCCCC1)C(=O)N1CCC(CC(=O)OCc2ccccc2)CC1. The fourth-order valence-electron chi connectivity index (χ4n) is 6.32. The van der Waals surface area contributed by atoms with Gasteiger partial charge in [-0.2, -0.15) is 0 Å². The second-order valence-corrected chi connectivity index (χ2v) is 12.6. The van der Waals surface area contributed by atoms with E-state index in [0.717, 1.165) is 37.7 Å². The van der Waals surface area contributed by atoms with Crippen LogP contribution in [0.2, 0.25) is 0 Å². The Morgan fingerprint density at radius 2 is 1.55 bits per heavy atom. The van der Waals surface area contributed by atoms with Gasteiger partial charge in [-0.1, -0.05) is 74.6 Å². The Hall–Kier alpha value is -3.68. The molecule has 0 bridgehead atoms. The van der Waals surface area contributed by atoms with Crippen LogP contribution in [0.15, 0.2) is 54.6 Å². The molecule has 8 heteroatoms. The third-order valence-corrected chi connectivity index (χ3v) is 8.98. The van der Waals surface area contributed by atoms with E-state index in [2.05, 4.69) is 5.32 Å². The molecule has 4 N–H and O–H groups in total. The number of ether oxygens (including phenoxy) is 1. The largest absolute Gasteiger partial charge is 0.461 e. The van der Waals surface area contributed by atoms with Crippen molar-refractivity contribution >= 4 is 23.6 Å². The van der Waals surface area contributed by atoms with Crippen LogP contribution in [0.1, 0.15) is 93.1 Å². The molecule has 1 aliphatic heterocycles. The van der Waals surface area contributed by atoms with E-state index in [1.165, 1.54) is 19.3 Å². The number of nitrogens with two attached hydrogens (primary N) is 1. The Morgan fingerprint density at radius 1 is 0.929 bits per heavy atom. The average molecular weight is 575 g/mol. The van der Waals surface area contributed by atoms with E-state index in [1.807, 2.05) is 49.1 Å². The lowest BCUT2D eigenvalue weighted by atomic mass is 9.75. The molecule has 1 aliphatic carbocycles. The highest BCUT2D eigenvalue weighted by Gasteiger charge is 2.41. The van der Waals surface area contributed by atoms with Crippen molar-refractivity contribution in [1.29, 1.82) is 5.41 Å². The van der Waals surface area contributed by atoms with E-state index >= 15 is 0 Å². The van der Waals surface area contributed by atoms with E-state index < -0.39 is 5.54 Å². The summed E-state index contributed by atoms with van der Waals surface area (Å²) < 4.78 is 5.49. The van der Waals surface area contributed by atoms with Gasteiger partial charge in [-0.15, -0.1) is 0 Å². The van der Waals surface area contributed by atoms with Crippen LogP contribution in [0, 0.1) is 23.2 Å². The Labute approximate surface area is 249 Å². The van der Waals surface area contributed by atoms with E-state index in [-0.39, 0.29) is 42.1 Å². The molecule has 0 spiro atoms. The highest BCUT2D eigenvalue weighted by molar-refractivity contribution is 5.98. The summed E-state index contributed by atoms with van der Waals surface area (Å²) in [4.78, 5) is 41.8. The van der Waals surface area contributed by atoms with Crippen LogP contribution in [0.5, 0.6) is 0 Å². The van der Waals surface area contributed by atoms with Gasteiger partial charge in [-0.05, 0) is 62.6 Å². The molecule has 1 saturated heterocycles. The van der Waals surface area contributed by atoms with Gasteiger partial charge in [0, 0.05) is 36.2 Å². The number of amidine groups is 1. The minimum absolute atomic E-state index is 0.0479. The molecule has 1 saturated carbocycles. The number of likely N-dealkylation sites (tertiary alicyclic amines) is 1. The highest BCUT2D eigenvalue weighted by atomic mass is 16.5. The maximum Gasteiger partial charge on any atom is 0.306 e. The normalized spacial score (nSPS) is 17.3. The summed E-state index contributed by atoms with van der Waals surface area (Å²) in [5.74, 6) is -0.0941. The number of amides is 2. The molecule has 8 nitrogen and oxygen atoms in total. The Balaban J connectivity index is 1.37. The van der Waals surface area contributed by atoms with Crippen LogP contribution in [-0.2, 0) is 20.9 Å². The lowest BCUT2D eigenvalue weighted by Crippen LogP contribution is -2.56. The third kappa shape index (κ3) is 8.66. The van der Waals surface area contributed by atoms with Gasteiger partial charge < -0.3 is 20.7 Å². The zero-order valence-corrected chi connectivity index (χ0v) is 25.1. The van der Waals surface area contributed by atoms with Gasteiger partial charge in [0.05, 0.1) is 5.92 Å². The second kappa shape index (κ2) is 14.5. The first-order chi connectivity index (χ1) is 20.1. The lowest BCUT2D eigenvalue weighted by molar-refractivity contribution is -0.146. The molecule has 2 aliphatic rings. The van der Waals surface area contributed by atoms with Crippen LogP contribution >= 0.6 is 0 Å². The molecule has 1 unspecified atom stereocenters.